The van der Waals surface area contributed by atoms with Gasteiger partial charge in [0, 0.05) is 12.2 Å². The first-order valence-corrected chi connectivity index (χ1v) is 10.0. The zero-order valence-corrected chi connectivity index (χ0v) is 17.5. The number of benzene rings is 2. The summed E-state index contributed by atoms with van der Waals surface area (Å²) in [5.41, 5.74) is 7.87. The predicted octanol–water partition coefficient (Wildman–Crippen LogP) is 5.52. The topological polar surface area (TPSA) is 34.0 Å². The van der Waals surface area contributed by atoms with Gasteiger partial charge in [-0.1, -0.05) is 67.1 Å². The van der Waals surface area contributed by atoms with Gasteiger partial charge in [0.1, 0.15) is 5.69 Å². The Hall–Kier alpha value is -2.81. The van der Waals surface area contributed by atoms with E-state index in [9.17, 15) is 4.79 Å². The summed E-state index contributed by atoms with van der Waals surface area (Å²) in [5, 5.41) is 3.19. The molecule has 0 spiro atoms. The second kappa shape index (κ2) is 8.47. The van der Waals surface area contributed by atoms with Crippen molar-refractivity contribution in [3.63, 3.8) is 0 Å². The molecule has 3 heteroatoms. The predicted molar refractivity (Wildman–Crippen MR) is 116 cm³/mol. The molecule has 0 aliphatic heterocycles. The van der Waals surface area contributed by atoms with Crippen LogP contribution in [0.3, 0.4) is 0 Å². The molecule has 1 aromatic heterocycles. The van der Waals surface area contributed by atoms with Crippen molar-refractivity contribution in [1.82, 2.24) is 9.88 Å². The Morgan fingerprint density at radius 2 is 1.64 bits per heavy atom. The lowest BCUT2D eigenvalue weighted by atomic mass is 10.1. The summed E-state index contributed by atoms with van der Waals surface area (Å²) >= 11 is 0. The SMILES string of the molecule is CCc1c(C)c(C(=O)N[C@@H](C)c2ccccc2)n(Cc2ccc(C)cc2)c1C. The summed E-state index contributed by atoms with van der Waals surface area (Å²) in [4.78, 5) is 13.3. The Bertz CT molecular complexity index is 952. The van der Waals surface area contributed by atoms with Crippen molar-refractivity contribution in [2.45, 2.75) is 53.6 Å². The Kier molecular flexibility index (Phi) is 6.03. The smallest absolute Gasteiger partial charge is 0.268 e. The summed E-state index contributed by atoms with van der Waals surface area (Å²) in [5.74, 6) is -0.0104. The molecule has 1 amide bonds. The first-order valence-electron chi connectivity index (χ1n) is 10.0. The van der Waals surface area contributed by atoms with Crippen LogP contribution in [0.25, 0.3) is 0 Å². The molecule has 0 fully saturated rings. The van der Waals surface area contributed by atoms with Crippen molar-refractivity contribution in [2.24, 2.45) is 0 Å². The highest BCUT2D eigenvalue weighted by atomic mass is 16.2. The third-order valence-corrected chi connectivity index (χ3v) is 5.60. The molecule has 0 aliphatic rings. The number of nitrogens with zero attached hydrogens (tertiary/aromatic N) is 1. The normalized spacial score (nSPS) is 12.0. The highest BCUT2D eigenvalue weighted by Crippen LogP contribution is 2.25. The average Bonchev–Trinajstić information content (AvgIpc) is 2.93. The van der Waals surface area contributed by atoms with E-state index >= 15 is 0 Å². The van der Waals surface area contributed by atoms with Gasteiger partial charge in [0.15, 0.2) is 0 Å². The molecule has 0 unspecified atom stereocenters. The van der Waals surface area contributed by atoms with E-state index < -0.39 is 0 Å². The Morgan fingerprint density at radius 3 is 2.25 bits per heavy atom. The van der Waals surface area contributed by atoms with Crippen LogP contribution in [0.1, 0.15) is 63.9 Å². The van der Waals surface area contributed by atoms with Gasteiger partial charge >= 0.3 is 0 Å². The molecule has 146 valence electrons. The van der Waals surface area contributed by atoms with Crippen molar-refractivity contribution in [3.8, 4) is 0 Å². The van der Waals surface area contributed by atoms with Gasteiger partial charge in [-0.15, -0.1) is 0 Å². The fraction of sp³-hybridized carbons (Fsp3) is 0.320. The van der Waals surface area contributed by atoms with Gasteiger partial charge in [0.25, 0.3) is 5.91 Å². The molecule has 3 nitrogen and oxygen atoms in total. The fourth-order valence-corrected chi connectivity index (χ4v) is 3.92. The third-order valence-electron chi connectivity index (χ3n) is 5.60. The van der Waals surface area contributed by atoms with E-state index in [1.54, 1.807) is 0 Å². The fourth-order valence-electron chi connectivity index (χ4n) is 3.92. The molecule has 1 heterocycles. The van der Waals surface area contributed by atoms with Crippen LogP contribution in [0.4, 0.5) is 0 Å². The zero-order chi connectivity index (χ0) is 20.3. The summed E-state index contributed by atoms with van der Waals surface area (Å²) in [7, 11) is 0. The van der Waals surface area contributed by atoms with E-state index in [0.717, 1.165) is 23.2 Å². The quantitative estimate of drug-likeness (QED) is 0.606. The molecule has 0 bridgehead atoms. The van der Waals surface area contributed by atoms with Gasteiger partial charge in [-0.05, 0) is 56.4 Å². The Labute approximate surface area is 168 Å². The lowest BCUT2D eigenvalue weighted by Crippen LogP contribution is -2.29. The summed E-state index contributed by atoms with van der Waals surface area (Å²) < 4.78 is 2.17. The van der Waals surface area contributed by atoms with Crippen LogP contribution in [-0.4, -0.2) is 10.5 Å². The first-order chi connectivity index (χ1) is 13.4. The molecule has 1 atom stereocenters. The molecule has 0 saturated carbocycles. The molecule has 0 saturated heterocycles. The number of carbonyl (C=O) groups excluding carboxylic acids is 1. The standard InChI is InChI=1S/C25H30N2O/c1-6-23-18(3)24(25(28)26-19(4)22-10-8-7-9-11-22)27(20(23)5)16-21-14-12-17(2)13-15-21/h7-15,19H,6,16H2,1-5H3,(H,26,28)/t19-/m0/s1. The number of nitrogens with one attached hydrogen (secondary N) is 1. The minimum atomic E-state index is -0.0405. The second-order valence-electron chi connectivity index (χ2n) is 7.57. The van der Waals surface area contributed by atoms with Gasteiger partial charge < -0.3 is 9.88 Å². The maximum absolute atomic E-state index is 13.3. The van der Waals surface area contributed by atoms with Gasteiger partial charge in [-0.3, -0.25) is 4.79 Å². The van der Waals surface area contributed by atoms with Gasteiger partial charge in [-0.2, -0.15) is 0 Å². The van der Waals surface area contributed by atoms with Crippen LogP contribution in [0.2, 0.25) is 0 Å². The molecule has 3 aromatic rings. The Morgan fingerprint density at radius 1 is 1.00 bits per heavy atom. The van der Waals surface area contributed by atoms with Crippen LogP contribution < -0.4 is 5.32 Å². The van der Waals surface area contributed by atoms with E-state index in [2.05, 4.69) is 61.8 Å². The number of amides is 1. The lowest BCUT2D eigenvalue weighted by Gasteiger charge is -2.17. The minimum Gasteiger partial charge on any atom is -0.344 e. The van der Waals surface area contributed by atoms with E-state index in [1.807, 2.05) is 37.3 Å². The number of hydrogen-bond donors (Lipinski definition) is 1. The van der Waals surface area contributed by atoms with Crippen molar-refractivity contribution < 1.29 is 4.79 Å². The van der Waals surface area contributed by atoms with Crippen LogP contribution in [0, 0.1) is 20.8 Å². The highest BCUT2D eigenvalue weighted by Gasteiger charge is 2.23. The molecule has 1 N–H and O–H groups in total. The average molecular weight is 375 g/mol. The first kappa shape index (κ1) is 19.9. The van der Waals surface area contributed by atoms with Gasteiger partial charge in [0.2, 0.25) is 0 Å². The van der Waals surface area contributed by atoms with E-state index in [4.69, 9.17) is 0 Å². The monoisotopic (exact) mass is 374 g/mol. The maximum atomic E-state index is 13.3. The number of carbonyl (C=O) groups is 1. The molecule has 0 aliphatic carbocycles. The molecule has 28 heavy (non-hydrogen) atoms. The summed E-state index contributed by atoms with van der Waals surface area (Å²) in [6.45, 7) is 11.2. The molecule has 3 rings (SSSR count). The number of aryl methyl sites for hydroxylation is 1. The van der Waals surface area contributed by atoms with E-state index in [1.165, 1.54) is 22.4 Å². The largest absolute Gasteiger partial charge is 0.344 e. The van der Waals surface area contributed by atoms with E-state index in [0.29, 0.717) is 6.54 Å². The molecular weight excluding hydrogens is 344 g/mol. The van der Waals surface area contributed by atoms with Gasteiger partial charge in [0.05, 0.1) is 6.04 Å². The number of hydrogen-bond acceptors (Lipinski definition) is 1. The number of aromatic nitrogens is 1. The van der Waals surface area contributed by atoms with Crippen LogP contribution in [0.15, 0.2) is 54.6 Å². The van der Waals surface area contributed by atoms with Crippen molar-refractivity contribution in [3.05, 3.63) is 93.8 Å². The van der Waals surface area contributed by atoms with Crippen molar-refractivity contribution in [1.29, 1.82) is 0 Å². The van der Waals surface area contributed by atoms with Crippen molar-refractivity contribution in [2.75, 3.05) is 0 Å². The molecule has 2 aromatic carbocycles. The second-order valence-corrected chi connectivity index (χ2v) is 7.57. The van der Waals surface area contributed by atoms with Crippen LogP contribution in [0.5, 0.6) is 0 Å². The van der Waals surface area contributed by atoms with E-state index in [-0.39, 0.29) is 11.9 Å². The molecule has 0 radical (unpaired) electrons. The summed E-state index contributed by atoms with van der Waals surface area (Å²) in [6, 6.07) is 18.6. The minimum absolute atomic E-state index is 0.0104. The Balaban J connectivity index is 1.94. The van der Waals surface area contributed by atoms with Gasteiger partial charge in [-0.25, -0.2) is 0 Å². The van der Waals surface area contributed by atoms with Crippen LogP contribution in [-0.2, 0) is 13.0 Å². The molecular formula is C25H30N2O. The van der Waals surface area contributed by atoms with Crippen LogP contribution >= 0.6 is 0 Å². The third kappa shape index (κ3) is 4.04. The van der Waals surface area contributed by atoms with Crippen molar-refractivity contribution >= 4 is 5.91 Å². The zero-order valence-electron chi connectivity index (χ0n) is 17.5. The summed E-state index contributed by atoms with van der Waals surface area (Å²) in [6.07, 6.45) is 0.924. The number of rotatable bonds is 6. The lowest BCUT2D eigenvalue weighted by molar-refractivity contribution is 0.0930. The highest BCUT2D eigenvalue weighted by molar-refractivity contribution is 5.95. The maximum Gasteiger partial charge on any atom is 0.268 e.